The van der Waals surface area contributed by atoms with E-state index in [1.54, 1.807) is 17.8 Å². The number of rotatable bonds is 13. The summed E-state index contributed by atoms with van der Waals surface area (Å²) >= 11 is 1.60. The number of halogens is 1. The summed E-state index contributed by atoms with van der Waals surface area (Å²) < 4.78 is 33.1. The number of likely N-dealkylation sites (tertiary alicyclic amines) is 1. The van der Waals surface area contributed by atoms with Gasteiger partial charge in [0.2, 0.25) is 0 Å². The molecule has 2 aliphatic rings. The van der Waals surface area contributed by atoms with Gasteiger partial charge in [0.05, 0.1) is 12.1 Å². The molecule has 0 unspecified atom stereocenters. The van der Waals surface area contributed by atoms with Gasteiger partial charge in [0.25, 0.3) is 0 Å². The molecular weight excluding hydrogens is 820 g/mol. The van der Waals surface area contributed by atoms with Crippen LogP contribution in [0.5, 0.6) is 11.5 Å². The second-order valence-electron chi connectivity index (χ2n) is 16.8. The van der Waals surface area contributed by atoms with Crippen LogP contribution in [0.2, 0.25) is 0 Å². The Bertz CT molecular complexity index is 2880. The predicted octanol–water partition coefficient (Wildman–Crippen LogP) is 12.8. The summed E-state index contributed by atoms with van der Waals surface area (Å²) in [5, 5.41) is 17.5. The SMILES string of the molecule is CCSc1cc(O[C@H]2CCN(C(=O)O)C2)c2cc(C3CC3)c(-c3c(C)c(F)cc4nn(C(c5ccccc5)(c5ccccc5)c5ccccc5)cc34)c(O[C@@H](C)c3ccccc3)c2n1. The minimum absolute atomic E-state index is 0.185. The van der Waals surface area contributed by atoms with Crippen molar-refractivity contribution in [3.63, 3.8) is 0 Å². The maximum absolute atomic E-state index is 17.0. The maximum Gasteiger partial charge on any atom is 0.407 e. The van der Waals surface area contributed by atoms with Crippen molar-refractivity contribution in [1.82, 2.24) is 19.7 Å². The molecule has 8 aromatic rings. The van der Waals surface area contributed by atoms with Crippen LogP contribution >= 0.6 is 11.8 Å². The van der Waals surface area contributed by atoms with Crippen LogP contribution in [0, 0.1) is 12.7 Å². The van der Waals surface area contributed by atoms with E-state index in [0.717, 1.165) is 67.8 Å². The third-order valence-corrected chi connectivity index (χ3v) is 13.6. The van der Waals surface area contributed by atoms with E-state index in [0.29, 0.717) is 46.6 Å². The number of hydrogen-bond donors (Lipinski definition) is 1. The van der Waals surface area contributed by atoms with Gasteiger partial charge < -0.3 is 19.5 Å². The van der Waals surface area contributed by atoms with Crippen molar-refractivity contribution in [2.45, 2.75) is 68.7 Å². The second kappa shape index (κ2) is 17.1. The van der Waals surface area contributed by atoms with Gasteiger partial charge >= 0.3 is 6.09 Å². The highest BCUT2D eigenvalue weighted by atomic mass is 32.2. The molecule has 0 bridgehead atoms. The first kappa shape index (κ1) is 41.4. The first-order valence-corrected chi connectivity index (χ1v) is 23.1. The molecule has 2 atom stereocenters. The lowest BCUT2D eigenvalue weighted by atomic mass is 9.77. The standard InChI is InChI=1S/C54H49FN4O4S/c1-4-64-48-31-47(63-41-27-28-58(32-41)53(60)61)43-29-42(37-25-26-37)50(52(51(43)56-48)62-35(3)36-17-9-5-10-18-36)49-34(2)45(55)30-46-44(49)33-59(57-46)54(38-19-11-6-12-20-38,39-21-13-7-14-22-39)40-23-15-8-16-24-40/h5-24,29-31,33,35,37,41H,4,25-28,32H2,1-3H3,(H,60,61)/t35-,41-/m0/s1. The molecule has 1 saturated heterocycles. The average Bonchev–Trinajstić information content (AvgIpc) is 3.92. The average molecular weight is 869 g/mol. The number of carboxylic acid groups (broad SMARTS) is 1. The highest BCUT2D eigenvalue weighted by Gasteiger charge is 2.41. The molecule has 1 aliphatic carbocycles. The van der Waals surface area contributed by atoms with Gasteiger partial charge in [-0.05, 0) is 77.8 Å². The van der Waals surface area contributed by atoms with Crippen LogP contribution in [0.25, 0.3) is 32.9 Å². The van der Waals surface area contributed by atoms with Gasteiger partial charge in [-0.1, -0.05) is 128 Å². The molecule has 0 radical (unpaired) electrons. The van der Waals surface area contributed by atoms with E-state index in [1.807, 2.05) is 97.4 Å². The fourth-order valence-corrected chi connectivity index (χ4v) is 10.2. The van der Waals surface area contributed by atoms with E-state index in [9.17, 15) is 9.90 Å². The summed E-state index contributed by atoms with van der Waals surface area (Å²) in [5.41, 5.74) is 7.27. The number of benzene rings is 6. The molecule has 2 fully saturated rings. The Kier molecular flexibility index (Phi) is 11.1. The van der Waals surface area contributed by atoms with Crippen molar-refractivity contribution in [3.05, 3.63) is 185 Å². The number of amides is 1. The van der Waals surface area contributed by atoms with Crippen LogP contribution in [-0.2, 0) is 5.54 Å². The van der Waals surface area contributed by atoms with E-state index >= 15 is 4.39 Å². The van der Waals surface area contributed by atoms with Crippen LogP contribution in [0.15, 0.2) is 151 Å². The van der Waals surface area contributed by atoms with Crippen LogP contribution in [0.3, 0.4) is 0 Å². The Morgan fingerprint density at radius 1 is 0.844 bits per heavy atom. The van der Waals surface area contributed by atoms with E-state index in [4.69, 9.17) is 19.6 Å². The summed E-state index contributed by atoms with van der Waals surface area (Å²) in [7, 11) is 0. The zero-order valence-electron chi connectivity index (χ0n) is 36.1. The van der Waals surface area contributed by atoms with E-state index in [1.165, 1.54) is 4.90 Å². The molecule has 8 nitrogen and oxygen atoms in total. The monoisotopic (exact) mass is 868 g/mol. The number of ether oxygens (including phenoxy) is 2. The molecule has 64 heavy (non-hydrogen) atoms. The number of carbonyl (C=O) groups is 1. The Morgan fingerprint density at radius 3 is 2.02 bits per heavy atom. The quantitative estimate of drug-likeness (QED) is 0.0912. The third kappa shape index (κ3) is 7.43. The van der Waals surface area contributed by atoms with Crippen molar-refractivity contribution < 1.29 is 23.8 Å². The smallest absolute Gasteiger partial charge is 0.407 e. The number of fused-ring (bicyclic) bond motifs is 2. The fraction of sp³-hybridized carbons (Fsp3) is 0.241. The number of hydrogen-bond acceptors (Lipinski definition) is 6. The Labute approximate surface area is 376 Å². The second-order valence-corrected chi connectivity index (χ2v) is 18.1. The molecule has 10 rings (SSSR count). The van der Waals surface area contributed by atoms with E-state index in [-0.39, 0.29) is 24.4 Å². The minimum Gasteiger partial charge on any atom is -0.488 e. The van der Waals surface area contributed by atoms with Gasteiger partial charge in [-0.3, -0.25) is 4.68 Å². The normalized spacial score (nSPS) is 15.8. The summed E-state index contributed by atoms with van der Waals surface area (Å²) in [6, 6.07) is 47.0. The molecule has 1 N–H and O–H groups in total. The van der Waals surface area contributed by atoms with Crippen LogP contribution in [0.4, 0.5) is 9.18 Å². The number of pyridine rings is 1. The van der Waals surface area contributed by atoms with E-state index < -0.39 is 17.7 Å². The zero-order valence-corrected chi connectivity index (χ0v) is 36.9. The number of nitrogens with zero attached hydrogens (tertiary/aromatic N) is 4. The molecule has 3 heterocycles. The van der Waals surface area contributed by atoms with Crippen molar-refractivity contribution in [3.8, 4) is 22.6 Å². The molecule has 1 aliphatic heterocycles. The molecule has 6 aromatic carbocycles. The minimum atomic E-state index is -0.951. The molecule has 1 saturated carbocycles. The van der Waals surface area contributed by atoms with Crippen molar-refractivity contribution in [2.24, 2.45) is 0 Å². The van der Waals surface area contributed by atoms with Crippen molar-refractivity contribution in [2.75, 3.05) is 18.8 Å². The van der Waals surface area contributed by atoms with Crippen LogP contribution in [0.1, 0.15) is 78.5 Å². The van der Waals surface area contributed by atoms with Gasteiger partial charge in [-0.25, -0.2) is 14.2 Å². The Balaban J connectivity index is 1.28. The van der Waals surface area contributed by atoms with Crippen molar-refractivity contribution >= 4 is 39.7 Å². The Morgan fingerprint density at radius 2 is 1.45 bits per heavy atom. The van der Waals surface area contributed by atoms with Crippen molar-refractivity contribution in [1.29, 1.82) is 0 Å². The van der Waals surface area contributed by atoms with E-state index in [2.05, 4.69) is 67.7 Å². The van der Waals surface area contributed by atoms with Crippen LogP contribution < -0.4 is 9.47 Å². The summed E-state index contributed by atoms with van der Waals surface area (Å²) in [6.45, 7) is 6.65. The van der Waals surface area contributed by atoms with Crippen LogP contribution in [-0.4, -0.2) is 55.8 Å². The summed E-state index contributed by atoms with van der Waals surface area (Å²) in [4.78, 5) is 18.7. The Hall–Kier alpha value is -6.65. The first-order valence-electron chi connectivity index (χ1n) is 22.1. The zero-order chi connectivity index (χ0) is 44.0. The highest BCUT2D eigenvalue weighted by molar-refractivity contribution is 7.99. The van der Waals surface area contributed by atoms with Gasteiger partial charge in [0.15, 0.2) is 5.75 Å². The van der Waals surface area contributed by atoms with Gasteiger partial charge in [-0.2, -0.15) is 5.10 Å². The molecule has 0 spiro atoms. The topological polar surface area (TPSA) is 89.7 Å². The third-order valence-electron chi connectivity index (χ3n) is 12.8. The number of thioether (sulfide) groups is 1. The lowest BCUT2D eigenvalue weighted by molar-refractivity contribution is 0.146. The molecule has 2 aromatic heterocycles. The predicted molar refractivity (Wildman–Crippen MR) is 252 cm³/mol. The van der Waals surface area contributed by atoms with Gasteiger partial charge in [-0.15, -0.1) is 11.8 Å². The van der Waals surface area contributed by atoms with Gasteiger partial charge in [0.1, 0.15) is 39.9 Å². The molecule has 322 valence electrons. The largest absolute Gasteiger partial charge is 0.488 e. The lowest BCUT2D eigenvalue weighted by Gasteiger charge is -2.36. The molecular formula is C54H49FN4O4S. The molecule has 1 amide bonds. The van der Waals surface area contributed by atoms with Gasteiger partial charge in [0, 0.05) is 53.2 Å². The fourth-order valence-electron chi connectivity index (χ4n) is 9.52. The summed E-state index contributed by atoms with van der Waals surface area (Å²) in [6.07, 6.45) is 2.92. The first-order chi connectivity index (χ1) is 31.2. The highest BCUT2D eigenvalue weighted by Crippen LogP contribution is 2.54. The summed E-state index contributed by atoms with van der Waals surface area (Å²) in [5.74, 6) is 1.78. The lowest BCUT2D eigenvalue weighted by Crippen LogP contribution is -2.38. The maximum atomic E-state index is 17.0. The molecule has 10 heteroatoms. The number of aromatic nitrogens is 3.